The Bertz CT molecular complexity index is 2310. The zero-order valence-corrected chi connectivity index (χ0v) is 24.6. The third-order valence-corrected chi connectivity index (χ3v) is 8.18. The Morgan fingerprint density at radius 1 is 0.636 bits per heavy atom. The number of nitrogens with zero attached hydrogens (tertiary/aromatic N) is 8. The van der Waals surface area contributed by atoms with E-state index >= 15 is 0 Å². The molecule has 0 saturated carbocycles. The van der Waals surface area contributed by atoms with Crippen LogP contribution in [-0.2, 0) is 0 Å². The lowest BCUT2D eigenvalue weighted by Crippen LogP contribution is -2.40. The van der Waals surface area contributed by atoms with E-state index in [0.717, 1.165) is 56.2 Å². The van der Waals surface area contributed by atoms with E-state index in [1.54, 1.807) is 0 Å². The zero-order valence-electron chi connectivity index (χ0n) is 24.6. The Kier molecular flexibility index (Phi) is 5.57. The minimum absolute atomic E-state index is 0.571. The van der Waals surface area contributed by atoms with Crippen LogP contribution in [0.5, 0.6) is 0 Å². The third-order valence-electron chi connectivity index (χ3n) is 8.18. The van der Waals surface area contributed by atoms with E-state index in [2.05, 4.69) is 30.8 Å². The van der Waals surface area contributed by atoms with Gasteiger partial charge >= 0.3 is 0 Å². The summed E-state index contributed by atoms with van der Waals surface area (Å²) in [5.74, 6) is 3.96. The van der Waals surface area contributed by atoms with Gasteiger partial charge in [0.25, 0.3) is 11.7 Å². The van der Waals surface area contributed by atoms with Gasteiger partial charge in [0.05, 0.1) is 18.2 Å². The van der Waals surface area contributed by atoms with Gasteiger partial charge in [0.1, 0.15) is 0 Å². The Labute approximate surface area is 253 Å². The van der Waals surface area contributed by atoms with Gasteiger partial charge in [-0.3, -0.25) is 0 Å². The van der Waals surface area contributed by atoms with Gasteiger partial charge in [-0.1, -0.05) is 96.0 Å². The molecule has 4 aromatic rings. The summed E-state index contributed by atoms with van der Waals surface area (Å²) in [7, 11) is 2.00. The van der Waals surface area contributed by atoms with Crippen molar-refractivity contribution in [1.29, 1.82) is 0 Å². The highest BCUT2D eigenvalue weighted by molar-refractivity contribution is 6.23. The van der Waals surface area contributed by atoms with E-state index in [-0.39, 0.29) is 0 Å². The molecule has 8 rings (SSSR count). The highest BCUT2D eigenvalue weighted by Crippen LogP contribution is 2.39. The number of aliphatic imine (C=N–C) groups is 3. The molecule has 0 atom stereocenters. The number of hydrogen-bond donors (Lipinski definition) is 1. The number of rotatable bonds is 4. The molecule has 44 heavy (non-hydrogen) atoms. The van der Waals surface area contributed by atoms with Gasteiger partial charge in [0.15, 0.2) is 23.0 Å². The normalized spacial score (nSPS) is 15.6. The smallest absolute Gasteiger partial charge is 0.229 e. The lowest BCUT2D eigenvalue weighted by Gasteiger charge is -2.13. The van der Waals surface area contributed by atoms with E-state index in [1.165, 1.54) is 0 Å². The molecule has 0 amide bonds. The minimum atomic E-state index is 0.571. The fraction of sp³-hybridized carbons (Fsp3) is 0.0857. The Hall–Kier alpha value is -5.96. The number of allylic oxidation sites excluding steroid dienone is 2. The van der Waals surface area contributed by atoms with Crippen molar-refractivity contribution < 1.29 is 4.58 Å². The van der Waals surface area contributed by atoms with E-state index in [0.29, 0.717) is 34.3 Å². The molecule has 6 heterocycles. The van der Waals surface area contributed by atoms with Crippen LogP contribution in [0.15, 0.2) is 98.8 Å². The highest BCUT2D eigenvalue weighted by atomic mass is 15.7. The first-order chi connectivity index (χ1) is 21.6. The molecule has 2 aromatic heterocycles. The van der Waals surface area contributed by atoms with Gasteiger partial charge in [-0.15, -0.1) is 0 Å². The molecule has 0 fully saturated rings. The van der Waals surface area contributed by atoms with Gasteiger partial charge in [-0.05, 0) is 26.0 Å². The average Bonchev–Trinajstić information content (AvgIpc) is 3.69. The summed E-state index contributed by atoms with van der Waals surface area (Å²) in [6.45, 7) is 12.4. The monoisotopic (exact) mass is 574 g/mol. The number of benzene rings is 2. The van der Waals surface area contributed by atoms with Crippen LogP contribution in [0, 0.1) is 0 Å². The number of nitrogens with one attached hydrogen (secondary N) is 1. The predicted molar refractivity (Wildman–Crippen MR) is 178 cm³/mol. The van der Waals surface area contributed by atoms with Gasteiger partial charge in [0.2, 0.25) is 11.3 Å². The number of fused-ring (bicyclic) bond motifs is 8. The summed E-state index contributed by atoms with van der Waals surface area (Å²) in [6.07, 6.45) is 11.7. The van der Waals surface area contributed by atoms with Crippen LogP contribution in [-0.4, -0.2) is 44.3 Å². The molecule has 4 aliphatic rings. The SMILES string of the molecule is C=Cc1c(/C=C\C)c2n3c1N=C1c4ccccc4C(=[N+]1C)N=c1c(/C=C\C)c(C=C)c(n1N3)=NC1=NC(=N2)c2ccccc21. The van der Waals surface area contributed by atoms with Gasteiger partial charge in [-0.25, -0.2) is 25.1 Å². The van der Waals surface area contributed by atoms with Gasteiger partial charge in [-0.2, -0.15) is 9.35 Å². The first-order valence-electron chi connectivity index (χ1n) is 14.4. The molecule has 6 bridgehead atoms. The second-order valence-corrected chi connectivity index (χ2v) is 10.6. The predicted octanol–water partition coefficient (Wildman–Crippen LogP) is 5.23. The molecule has 0 spiro atoms. The highest BCUT2D eigenvalue weighted by Gasteiger charge is 2.36. The second-order valence-electron chi connectivity index (χ2n) is 10.6. The first kappa shape index (κ1) is 25.7. The van der Waals surface area contributed by atoms with Crippen molar-refractivity contribution in [3.63, 3.8) is 0 Å². The van der Waals surface area contributed by atoms with Crippen molar-refractivity contribution in [3.8, 4) is 0 Å². The number of aromatic nitrogens is 2. The van der Waals surface area contributed by atoms with E-state index in [4.69, 9.17) is 25.0 Å². The van der Waals surface area contributed by atoms with Crippen molar-refractivity contribution >= 4 is 59.3 Å². The maximum Gasteiger partial charge on any atom is 0.273 e. The van der Waals surface area contributed by atoms with E-state index in [1.807, 2.05) is 108 Å². The van der Waals surface area contributed by atoms with Crippen LogP contribution in [0.2, 0.25) is 0 Å². The fourth-order valence-electron chi connectivity index (χ4n) is 6.23. The fourth-order valence-corrected chi connectivity index (χ4v) is 6.23. The van der Waals surface area contributed by atoms with Crippen LogP contribution < -0.4 is 16.5 Å². The molecule has 1 N–H and O–H groups in total. The summed E-state index contributed by atoms with van der Waals surface area (Å²) in [6, 6.07) is 16.2. The minimum Gasteiger partial charge on any atom is -0.229 e. The quantitative estimate of drug-likeness (QED) is 0.333. The molecule has 0 radical (unpaired) electrons. The van der Waals surface area contributed by atoms with Crippen LogP contribution >= 0.6 is 0 Å². The van der Waals surface area contributed by atoms with Crippen molar-refractivity contribution in [1.82, 2.24) is 9.35 Å². The molecular weight excluding hydrogens is 546 g/mol. The van der Waals surface area contributed by atoms with Gasteiger partial charge in [0, 0.05) is 33.4 Å². The van der Waals surface area contributed by atoms with Crippen LogP contribution in [0.1, 0.15) is 58.4 Å². The first-order valence-corrected chi connectivity index (χ1v) is 14.4. The molecule has 212 valence electrons. The lowest BCUT2D eigenvalue weighted by molar-refractivity contribution is -0.367. The third kappa shape index (κ3) is 3.40. The lowest BCUT2D eigenvalue weighted by atomic mass is 10.1. The maximum absolute atomic E-state index is 5.33. The number of hydrogen-bond acceptors (Lipinski definition) is 6. The summed E-state index contributed by atoms with van der Waals surface area (Å²) < 4.78 is 5.81. The van der Waals surface area contributed by atoms with Gasteiger partial charge < -0.3 is 0 Å². The molecule has 9 heteroatoms. The molecular formula is C35H28N9+. The van der Waals surface area contributed by atoms with Crippen LogP contribution in [0.4, 0.5) is 11.6 Å². The topological polar surface area (TPSA) is 86.7 Å². The van der Waals surface area contributed by atoms with Crippen molar-refractivity contribution in [2.45, 2.75) is 13.8 Å². The molecule has 9 nitrogen and oxygen atoms in total. The molecule has 0 aliphatic carbocycles. The molecule has 0 unspecified atom stereocenters. The van der Waals surface area contributed by atoms with Crippen molar-refractivity contribution in [2.24, 2.45) is 25.0 Å². The Balaban J connectivity index is 1.66. The van der Waals surface area contributed by atoms with Crippen LogP contribution in [0.25, 0.3) is 24.3 Å². The molecule has 0 saturated heterocycles. The second kappa shape index (κ2) is 9.53. The average molecular weight is 575 g/mol. The van der Waals surface area contributed by atoms with E-state index < -0.39 is 0 Å². The maximum atomic E-state index is 5.33. The number of amidine groups is 4. The molecule has 2 aromatic carbocycles. The summed E-state index contributed by atoms with van der Waals surface area (Å²) in [4.78, 5) is 26.0. The van der Waals surface area contributed by atoms with Crippen molar-refractivity contribution in [3.05, 3.63) is 129 Å². The molecule has 4 aliphatic heterocycles. The Morgan fingerprint density at radius 3 is 1.91 bits per heavy atom. The van der Waals surface area contributed by atoms with E-state index in [9.17, 15) is 0 Å². The largest absolute Gasteiger partial charge is 0.273 e. The summed E-state index contributed by atoms with van der Waals surface area (Å²) >= 11 is 0. The summed E-state index contributed by atoms with van der Waals surface area (Å²) in [5, 5.41) is 0. The van der Waals surface area contributed by atoms with Crippen LogP contribution in [0.3, 0.4) is 0 Å². The van der Waals surface area contributed by atoms with Crippen molar-refractivity contribution in [2.75, 3.05) is 12.6 Å². The summed E-state index contributed by atoms with van der Waals surface area (Å²) in [5.41, 5.74) is 12.1. The standard InChI is InChI=1S/C35H28N9/c1-6-14-24-21(9-4)33-39-30-26-18-12-13-19-27(26)31(42(30)5)40-35-25(15-7-2)20(8-3)32-37-28-22-16-10-11-17-23(22)29(36-28)38-34(24)44(33)41-43(32)35/h6-19,41H,3-4H2,1-2,5H3/q+1/b14-6-,15-7-. The Morgan fingerprint density at radius 2 is 1.23 bits per heavy atom. The zero-order chi connectivity index (χ0) is 30.1.